The lowest BCUT2D eigenvalue weighted by Crippen LogP contribution is -2.32. The minimum Gasteiger partial charge on any atom is -0.486 e. The molecule has 1 aromatic heterocycles. The molecule has 2 aromatic carbocycles. The molecular formula is C19H18N4O4. The number of benzene rings is 2. The van der Waals surface area contributed by atoms with Crippen LogP contribution in [-0.4, -0.2) is 40.3 Å². The lowest BCUT2D eigenvalue weighted by molar-refractivity contribution is -0.138. The monoisotopic (exact) mass is 366 g/mol. The third kappa shape index (κ3) is 3.61. The van der Waals surface area contributed by atoms with Gasteiger partial charge in [-0.05, 0) is 30.2 Å². The fourth-order valence-electron chi connectivity index (χ4n) is 2.89. The highest BCUT2D eigenvalue weighted by Gasteiger charge is 2.16. The maximum absolute atomic E-state index is 10.9. The van der Waals surface area contributed by atoms with Gasteiger partial charge in [0, 0.05) is 17.1 Å². The smallest absolute Gasteiger partial charge is 0.320 e. The zero-order valence-electron chi connectivity index (χ0n) is 14.4. The van der Waals surface area contributed by atoms with Crippen molar-refractivity contribution < 1.29 is 19.4 Å². The second kappa shape index (κ2) is 7.08. The van der Waals surface area contributed by atoms with E-state index in [0.29, 0.717) is 30.5 Å². The molecule has 2 heterocycles. The molecule has 3 aromatic rings. The minimum absolute atomic E-state index is 0.273. The van der Waals surface area contributed by atoms with Crippen LogP contribution in [0.25, 0.3) is 10.9 Å². The predicted octanol–water partition coefficient (Wildman–Crippen LogP) is 2.10. The van der Waals surface area contributed by atoms with Crippen molar-refractivity contribution in [2.24, 2.45) is 5.73 Å². The van der Waals surface area contributed by atoms with Crippen LogP contribution >= 0.6 is 0 Å². The SMILES string of the molecule is NC(Cc1ccc(Nc2ncnc3cc4c(cc23)OCCO4)cc1)C(=O)O. The quantitative estimate of drug-likeness (QED) is 0.628. The number of rotatable bonds is 5. The summed E-state index contributed by atoms with van der Waals surface area (Å²) in [6.45, 7) is 1.03. The van der Waals surface area contributed by atoms with Crippen LogP contribution in [0.15, 0.2) is 42.7 Å². The predicted molar refractivity (Wildman–Crippen MR) is 99.6 cm³/mol. The first-order chi connectivity index (χ1) is 13.1. The summed E-state index contributed by atoms with van der Waals surface area (Å²) in [5.74, 6) is 0.980. The summed E-state index contributed by atoms with van der Waals surface area (Å²) < 4.78 is 11.2. The fourth-order valence-corrected chi connectivity index (χ4v) is 2.89. The lowest BCUT2D eigenvalue weighted by Gasteiger charge is -2.19. The zero-order valence-corrected chi connectivity index (χ0v) is 14.4. The average molecular weight is 366 g/mol. The van der Waals surface area contributed by atoms with Gasteiger partial charge in [0.25, 0.3) is 0 Å². The minimum atomic E-state index is -1.01. The molecule has 4 N–H and O–H groups in total. The van der Waals surface area contributed by atoms with Crippen molar-refractivity contribution in [2.75, 3.05) is 18.5 Å². The van der Waals surface area contributed by atoms with E-state index in [4.69, 9.17) is 20.3 Å². The molecule has 8 nitrogen and oxygen atoms in total. The van der Waals surface area contributed by atoms with Crippen molar-refractivity contribution >= 4 is 28.4 Å². The van der Waals surface area contributed by atoms with Crippen molar-refractivity contribution in [3.8, 4) is 11.5 Å². The van der Waals surface area contributed by atoms with Gasteiger partial charge in [0.1, 0.15) is 31.4 Å². The first-order valence-corrected chi connectivity index (χ1v) is 8.49. The van der Waals surface area contributed by atoms with Gasteiger partial charge >= 0.3 is 5.97 Å². The van der Waals surface area contributed by atoms with Gasteiger partial charge in [-0.2, -0.15) is 0 Å². The first kappa shape index (κ1) is 17.0. The molecule has 138 valence electrons. The van der Waals surface area contributed by atoms with E-state index in [1.807, 2.05) is 36.4 Å². The van der Waals surface area contributed by atoms with Gasteiger partial charge in [-0.15, -0.1) is 0 Å². The molecular weight excluding hydrogens is 348 g/mol. The number of nitrogens with zero attached hydrogens (tertiary/aromatic N) is 2. The van der Waals surface area contributed by atoms with Crippen molar-refractivity contribution in [2.45, 2.75) is 12.5 Å². The van der Waals surface area contributed by atoms with E-state index >= 15 is 0 Å². The Morgan fingerprint density at radius 3 is 2.56 bits per heavy atom. The number of aliphatic carboxylic acids is 1. The van der Waals surface area contributed by atoms with Crippen LogP contribution in [0.1, 0.15) is 5.56 Å². The van der Waals surface area contributed by atoms with E-state index in [1.54, 1.807) is 0 Å². The second-order valence-corrected chi connectivity index (χ2v) is 6.21. The van der Waals surface area contributed by atoms with Gasteiger partial charge in [-0.3, -0.25) is 4.79 Å². The molecule has 1 unspecified atom stereocenters. The molecule has 0 bridgehead atoms. The maximum Gasteiger partial charge on any atom is 0.320 e. The number of fused-ring (bicyclic) bond motifs is 2. The molecule has 4 rings (SSSR count). The van der Waals surface area contributed by atoms with E-state index in [2.05, 4.69) is 15.3 Å². The normalized spacial score (nSPS) is 14.0. The Morgan fingerprint density at radius 2 is 1.85 bits per heavy atom. The molecule has 0 fully saturated rings. The summed E-state index contributed by atoms with van der Waals surface area (Å²) in [5.41, 5.74) is 7.99. The standard InChI is InChI=1S/C19H18N4O4/c20-14(19(24)25)7-11-1-3-12(4-2-11)23-18-13-8-16-17(27-6-5-26-16)9-15(13)21-10-22-18/h1-4,8-10,14H,5-7,20H2,(H,24,25)(H,21,22,23). The Balaban J connectivity index is 1.59. The Hall–Kier alpha value is -3.39. The topological polar surface area (TPSA) is 120 Å². The van der Waals surface area contributed by atoms with E-state index in [0.717, 1.165) is 22.2 Å². The highest BCUT2D eigenvalue weighted by molar-refractivity contribution is 5.93. The Labute approximate surface area is 155 Å². The maximum atomic E-state index is 10.9. The third-order valence-corrected chi connectivity index (χ3v) is 4.29. The van der Waals surface area contributed by atoms with Gasteiger partial charge in [0.15, 0.2) is 11.5 Å². The summed E-state index contributed by atoms with van der Waals surface area (Å²) in [7, 11) is 0. The Kier molecular flexibility index (Phi) is 4.47. The molecule has 0 aliphatic carbocycles. The molecule has 1 aliphatic heterocycles. The second-order valence-electron chi connectivity index (χ2n) is 6.21. The number of carbonyl (C=O) groups is 1. The van der Waals surface area contributed by atoms with E-state index < -0.39 is 12.0 Å². The first-order valence-electron chi connectivity index (χ1n) is 8.49. The largest absolute Gasteiger partial charge is 0.486 e. The van der Waals surface area contributed by atoms with E-state index in [1.165, 1.54) is 6.33 Å². The number of carboxylic acids is 1. The third-order valence-electron chi connectivity index (χ3n) is 4.29. The molecule has 1 aliphatic rings. The Bertz CT molecular complexity index is 991. The number of nitrogens with two attached hydrogens (primary N) is 1. The molecule has 1 atom stereocenters. The highest BCUT2D eigenvalue weighted by Crippen LogP contribution is 2.36. The van der Waals surface area contributed by atoms with Gasteiger partial charge < -0.3 is 25.6 Å². The van der Waals surface area contributed by atoms with Gasteiger partial charge in [-0.1, -0.05) is 12.1 Å². The summed E-state index contributed by atoms with van der Waals surface area (Å²) in [6.07, 6.45) is 1.76. The van der Waals surface area contributed by atoms with Crippen LogP contribution in [0.2, 0.25) is 0 Å². The van der Waals surface area contributed by atoms with Crippen molar-refractivity contribution in [3.05, 3.63) is 48.3 Å². The summed E-state index contributed by atoms with van der Waals surface area (Å²) >= 11 is 0. The number of aromatic nitrogens is 2. The van der Waals surface area contributed by atoms with Gasteiger partial charge in [0.2, 0.25) is 0 Å². The van der Waals surface area contributed by atoms with Crippen molar-refractivity contribution in [1.82, 2.24) is 9.97 Å². The highest BCUT2D eigenvalue weighted by atomic mass is 16.6. The number of hydrogen-bond donors (Lipinski definition) is 3. The van der Waals surface area contributed by atoms with Crippen LogP contribution in [-0.2, 0) is 11.2 Å². The van der Waals surface area contributed by atoms with E-state index in [-0.39, 0.29) is 6.42 Å². The molecule has 27 heavy (non-hydrogen) atoms. The number of ether oxygens (including phenoxy) is 2. The number of nitrogens with one attached hydrogen (secondary N) is 1. The summed E-state index contributed by atoms with van der Waals surface area (Å²) in [6, 6.07) is 10.2. The van der Waals surface area contributed by atoms with Crippen LogP contribution in [0.5, 0.6) is 11.5 Å². The van der Waals surface area contributed by atoms with Crippen molar-refractivity contribution in [1.29, 1.82) is 0 Å². The van der Waals surface area contributed by atoms with Crippen LogP contribution in [0.4, 0.5) is 11.5 Å². The van der Waals surface area contributed by atoms with Crippen LogP contribution < -0.4 is 20.5 Å². The van der Waals surface area contributed by atoms with Crippen molar-refractivity contribution in [3.63, 3.8) is 0 Å². The fraction of sp³-hybridized carbons (Fsp3) is 0.211. The average Bonchev–Trinajstić information content (AvgIpc) is 2.68. The molecule has 0 saturated carbocycles. The summed E-state index contributed by atoms with van der Waals surface area (Å²) in [5, 5.41) is 13.0. The van der Waals surface area contributed by atoms with Crippen LogP contribution in [0.3, 0.4) is 0 Å². The molecule has 0 spiro atoms. The van der Waals surface area contributed by atoms with Crippen LogP contribution in [0, 0.1) is 0 Å². The zero-order chi connectivity index (χ0) is 18.8. The number of hydrogen-bond acceptors (Lipinski definition) is 7. The number of carboxylic acid groups (broad SMARTS) is 1. The Morgan fingerprint density at radius 1 is 1.15 bits per heavy atom. The molecule has 0 radical (unpaired) electrons. The summed E-state index contributed by atoms with van der Waals surface area (Å²) in [4.78, 5) is 19.5. The molecule has 0 saturated heterocycles. The molecule has 0 amide bonds. The van der Waals surface area contributed by atoms with E-state index in [9.17, 15) is 4.79 Å². The van der Waals surface area contributed by atoms with Gasteiger partial charge in [0.05, 0.1) is 5.52 Å². The number of anilines is 2. The lowest BCUT2D eigenvalue weighted by atomic mass is 10.1. The molecule has 8 heteroatoms. The van der Waals surface area contributed by atoms with Gasteiger partial charge in [-0.25, -0.2) is 9.97 Å².